The van der Waals surface area contributed by atoms with Gasteiger partial charge >= 0.3 is 0 Å². The topological polar surface area (TPSA) is 46.9 Å². The number of anilines is 1. The summed E-state index contributed by atoms with van der Waals surface area (Å²) in [6.45, 7) is 3.95. The number of fused-ring (bicyclic) bond motifs is 1. The summed E-state index contributed by atoms with van der Waals surface area (Å²) in [6.07, 6.45) is 0. The molecule has 4 nitrogen and oxygen atoms in total. The molecule has 4 rings (SSSR count). The number of carbonyl (C=O) groups excluding carboxylic acids is 1. The van der Waals surface area contributed by atoms with Crippen LogP contribution in [0.5, 0.6) is 0 Å². The molecule has 26 heavy (non-hydrogen) atoms. The van der Waals surface area contributed by atoms with E-state index in [2.05, 4.69) is 17.4 Å². The van der Waals surface area contributed by atoms with Crippen LogP contribution in [0.25, 0.3) is 5.69 Å². The average molecular weight is 384 g/mol. The number of aryl methyl sites for hydroxylation is 1. The number of rotatable bonds is 2. The molecule has 132 valence electrons. The smallest absolute Gasteiger partial charge is 0.235 e. The molecule has 0 aliphatic carbocycles. The van der Waals surface area contributed by atoms with Crippen molar-refractivity contribution in [3.63, 3.8) is 0 Å². The zero-order valence-corrected chi connectivity index (χ0v) is 16.1. The van der Waals surface area contributed by atoms with E-state index >= 15 is 0 Å². The Morgan fingerprint density at radius 2 is 1.92 bits per heavy atom. The number of thioether (sulfide) groups is 1. The molecule has 0 spiro atoms. The first kappa shape index (κ1) is 17.2. The highest BCUT2D eigenvalue weighted by molar-refractivity contribution is 8.00. The third-order valence-electron chi connectivity index (χ3n) is 4.58. The molecule has 0 fully saturated rings. The number of amides is 1. The van der Waals surface area contributed by atoms with Gasteiger partial charge in [0.05, 0.1) is 22.4 Å². The summed E-state index contributed by atoms with van der Waals surface area (Å²) in [6, 6.07) is 16.0. The lowest BCUT2D eigenvalue weighted by atomic mass is 10.0. The van der Waals surface area contributed by atoms with Gasteiger partial charge in [0.15, 0.2) is 0 Å². The molecule has 1 aromatic heterocycles. The van der Waals surface area contributed by atoms with Gasteiger partial charge in [0, 0.05) is 10.6 Å². The van der Waals surface area contributed by atoms with Gasteiger partial charge in [-0.15, -0.1) is 11.8 Å². The fourth-order valence-corrected chi connectivity index (χ4v) is 4.63. The Hall–Kier alpha value is -2.24. The molecule has 1 aliphatic rings. The quantitative estimate of drug-likeness (QED) is 0.683. The highest BCUT2D eigenvalue weighted by Crippen LogP contribution is 2.44. The first-order chi connectivity index (χ1) is 12.6. The maximum Gasteiger partial charge on any atom is 0.235 e. The molecule has 6 heteroatoms. The van der Waals surface area contributed by atoms with Crippen molar-refractivity contribution < 1.29 is 4.79 Å². The van der Waals surface area contributed by atoms with Crippen LogP contribution in [-0.2, 0) is 4.79 Å². The minimum Gasteiger partial charge on any atom is -0.310 e. The van der Waals surface area contributed by atoms with Crippen molar-refractivity contribution in [2.45, 2.75) is 19.1 Å². The Balaban J connectivity index is 1.93. The summed E-state index contributed by atoms with van der Waals surface area (Å²) in [5.41, 5.74) is 4.93. The van der Waals surface area contributed by atoms with Crippen LogP contribution in [0.15, 0.2) is 48.5 Å². The molecule has 0 saturated carbocycles. The molecule has 0 bridgehead atoms. The molecule has 2 aromatic carbocycles. The van der Waals surface area contributed by atoms with Crippen LogP contribution in [0.2, 0.25) is 5.02 Å². The summed E-state index contributed by atoms with van der Waals surface area (Å²) in [4.78, 5) is 12.4. The summed E-state index contributed by atoms with van der Waals surface area (Å²) in [5.74, 6) is 1.12. The average Bonchev–Trinajstić information content (AvgIpc) is 2.84. The SMILES string of the molecule is Cc1nn(-c2cccc(Cl)c2C)c2c1[C@H](c1ccccc1)SCC(=O)N2. The summed E-state index contributed by atoms with van der Waals surface area (Å²) >= 11 is 7.93. The number of aromatic nitrogens is 2. The number of hydrogen-bond donors (Lipinski definition) is 1. The number of hydrogen-bond acceptors (Lipinski definition) is 3. The van der Waals surface area contributed by atoms with E-state index < -0.39 is 0 Å². The molecule has 0 unspecified atom stereocenters. The zero-order valence-electron chi connectivity index (χ0n) is 14.5. The summed E-state index contributed by atoms with van der Waals surface area (Å²) in [5, 5.41) is 8.53. The summed E-state index contributed by atoms with van der Waals surface area (Å²) < 4.78 is 1.81. The number of carbonyl (C=O) groups is 1. The second-order valence-electron chi connectivity index (χ2n) is 6.29. The molecule has 1 aliphatic heterocycles. The third kappa shape index (κ3) is 2.91. The van der Waals surface area contributed by atoms with E-state index in [1.54, 1.807) is 11.8 Å². The minimum atomic E-state index is -0.0180. The van der Waals surface area contributed by atoms with Crippen molar-refractivity contribution in [3.05, 3.63) is 75.9 Å². The Morgan fingerprint density at radius 3 is 2.69 bits per heavy atom. The van der Waals surface area contributed by atoms with Gasteiger partial charge in [-0.3, -0.25) is 4.79 Å². The predicted octanol–water partition coefficient (Wildman–Crippen LogP) is 4.92. The van der Waals surface area contributed by atoms with Gasteiger partial charge in [-0.05, 0) is 37.1 Å². The first-order valence-corrected chi connectivity index (χ1v) is 9.80. The fraction of sp³-hybridized carbons (Fsp3) is 0.200. The van der Waals surface area contributed by atoms with E-state index in [9.17, 15) is 4.79 Å². The van der Waals surface area contributed by atoms with Gasteiger partial charge in [0.1, 0.15) is 5.82 Å². The molecule has 3 aromatic rings. The maximum atomic E-state index is 12.4. The van der Waals surface area contributed by atoms with Crippen molar-refractivity contribution in [2.75, 3.05) is 11.1 Å². The van der Waals surface area contributed by atoms with E-state index in [-0.39, 0.29) is 11.2 Å². The number of nitrogens with one attached hydrogen (secondary N) is 1. The monoisotopic (exact) mass is 383 g/mol. The lowest BCUT2D eigenvalue weighted by Crippen LogP contribution is -2.16. The minimum absolute atomic E-state index is 0.0180. The predicted molar refractivity (Wildman–Crippen MR) is 107 cm³/mol. The van der Waals surface area contributed by atoms with E-state index in [0.717, 1.165) is 28.3 Å². The molecule has 0 saturated heterocycles. The van der Waals surface area contributed by atoms with Gasteiger partial charge in [-0.1, -0.05) is 48.0 Å². The number of nitrogens with zero attached hydrogens (tertiary/aromatic N) is 2. The van der Waals surface area contributed by atoms with Crippen LogP contribution in [0, 0.1) is 13.8 Å². The second kappa shape index (κ2) is 6.82. The number of halogens is 1. The Morgan fingerprint density at radius 1 is 1.15 bits per heavy atom. The van der Waals surface area contributed by atoms with E-state index in [1.807, 2.05) is 54.9 Å². The fourth-order valence-electron chi connectivity index (χ4n) is 3.27. The highest BCUT2D eigenvalue weighted by atomic mass is 35.5. The molecular formula is C20H18ClN3OS. The van der Waals surface area contributed by atoms with Crippen LogP contribution in [-0.4, -0.2) is 21.4 Å². The van der Waals surface area contributed by atoms with Crippen molar-refractivity contribution in [2.24, 2.45) is 0 Å². The van der Waals surface area contributed by atoms with E-state index in [0.29, 0.717) is 10.8 Å². The maximum absolute atomic E-state index is 12.4. The van der Waals surface area contributed by atoms with Gasteiger partial charge in [-0.25, -0.2) is 4.68 Å². The van der Waals surface area contributed by atoms with E-state index in [4.69, 9.17) is 16.7 Å². The Bertz CT molecular complexity index is 984. The van der Waals surface area contributed by atoms with Crippen LogP contribution in [0.1, 0.15) is 27.6 Å². The van der Waals surface area contributed by atoms with Gasteiger partial charge in [0.2, 0.25) is 5.91 Å². The molecule has 2 heterocycles. The molecule has 1 amide bonds. The second-order valence-corrected chi connectivity index (χ2v) is 7.79. The molecule has 0 radical (unpaired) electrons. The van der Waals surface area contributed by atoms with Gasteiger partial charge < -0.3 is 5.32 Å². The molecular weight excluding hydrogens is 366 g/mol. The lowest BCUT2D eigenvalue weighted by molar-refractivity contribution is -0.113. The van der Waals surface area contributed by atoms with Crippen LogP contribution in [0.4, 0.5) is 5.82 Å². The molecule has 1 N–H and O–H groups in total. The van der Waals surface area contributed by atoms with Crippen LogP contribution < -0.4 is 5.32 Å². The number of benzene rings is 2. The Labute approximate surface area is 161 Å². The Kier molecular flexibility index (Phi) is 4.51. The van der Waals surface area contributed by atoms with Gasteiger partial charge in [-0.2, -0.15) is 5.10 Å². The third-order valence-corrected chi connectivity index (χ3v) is 6.26. The van der Waals surface area contributed by atoms with Crippen molar-refractivity contribution in [3.8, 4) is 5.69 Å². The van der Waals surface area contributed by atoms with Crippen LogP contribution in [0.3, 0.4) is 0 Å². The summed E-state index contributed by atoms with van der Waals surface area (Å²) in [7, 11) is 0. The highest BCUT2D eigenvalue weighted by Gasteiger charge is 2.30. The zero-order chi connectivity index (χ0) is 18.3. The first-order valence-electron chi connectivity index (χ1n) is 8.37. The van der Waals surface area contributed by atoms with Crippen LogP contribution >= 0.6 is 23.4 Å². The normalized spacial score (nSPS) is 16.7. The largest absolute Gasteiger partial charge is 0.310 e. The van der Waals surface area contributed by atoms with Crippen molar-refractivity contribution in [1.82, 2.24) is 9.78 Å². The van der Waals surface area contributed by atoms with Gasteiger partial charge in [0.25, 0.3) is 0 Å². The lowest BCUT2D eigenvalue weighted by Gasteiger charge is -2.15. The van der Waals surface area contributed by atoms with Crippen molar-refractivity contribution in [1.29, 1.82) is 0 Å². The van der Waals surface area contributed by atoms with Crippen molar-refractivity contribution >= 4 is 35.1 Å². The van der Waals surface area contributed by atoms with E-state index in [1.165, 1.54) is 5.56 Å². The molecule has 1 atom stereocenters. The standard InChI is InChI=1S/C20H18ClN3OS/c1-12-15(21)9-6-10-16(12)24-20-18(13(2)23-24)19(26-11-17(25)22-20)14-7-4-3-5-8-14/h3-10,19H,11H2,1-2H3,(H,22,25)/t19-/m0/s1.